The molecule has 0 aliphatic rings. The lowest BCUT2D eigenvalue weighted by molar-refractivity contribution is 1.04. The molecule has 0 spiro atoms. The maximum absolute atomic E-state index is 8.44. The van der Waals surface area contributed by atoms with E-state index >= 15 is 0 Å². The van der Waals surface area contributed by atoms with Crippen LogP contribution in [0.25, 0.3) is 22.5 Å². The quantitative estimate of drug-likeness (QED) is 0.364. The highest BCUT2D eigenvalue weighted by Gasteiger charge is 2.14. The molecular formula is C26H30N8. The third kappa shape index (κ3) is 5.23. The normalized spacial score (nSPS) is 12.6. The zero-order chi connectivity index (χ0) is 24.8. The Morgan fingerprint density at radius 1 is 0.735 bits per heavy atom. The minimum Gasteiger partial charge on any atom is -0.402 e. The fourth-order valence-corrected chi connectivity index (χ4v) is 3.30. The van der Waals surface area contributed by atoms with Gasteiger partial charge in [-0.25, -0.2) is 19.9 Å². The Kier molecular flexibility index (Phi) is 7.63. The van der Waals surface area contributed by atoms with Crippen molar-refractivity contribution in [2.75, 3.05) is 0 Å². The summed E-state index contributed by atoms with van der Waals surface area (Å²) >= 11 is 0. The Labute approximate surface area is 199 Å². The summed E-state index contributed by atoms with van der Waals surface area (Å²) in [6.45, 7) is 7.52. The minimum atomic E-state index is 0.214. The van der Waals surface area contributed by atoms with Gasteiger partial charge in [-0.05, 0) is 56.0 Å². The van der Waals surface area contributed by atoms with Gasteiger partial charge in [0.05, 0.1) is 11.4 Å². The fraction of sp³-hybridized carbons (Fsp3) is 0.231. The van der Waals surface area contributed by atoms with Crippen molar-refractivity contribution in [1.82, 2.24) is 19.9 Å². The Balaban J connectivity index is 1.97. The molecule has 0 unspecified atom stereocenters. The summed E-state index contributed by atoms with van der Waals surface area (Å²) in [6.07, 6.45) is 4.61. The number of nitrogens with one attached hydrogen (secondary N) is 2. The number of aromatic nitrogens is 4. The van der Waals surface area contributed by atoms with Gasteiger partial charge < -0.3 is 11.5 Å². The highest BCUT2D eigenvalue weighted by molar-refractivity contribution is 6.08. The van der Waals surface area contributed by atoms with Crippen molar-refractivity contribution < 1.29 is 0 Å². The maximum atomic E-state index is 8.44. The van der Waals surface area contributed by atoms with Gasteiger partial charge in [0.2, 0.25) is 0 Å². The van der Waals surface area contributed by atoms with Crippen molar-refractivity contribution >= 4 is 11.4 Å². The lowest BCUT2D eigenvalue weighted by atomic mass is 10.0. The van der Waals surface area contributed by atoms with Gasteiger partial charge in [0.25, 0.3) is 0 Å². The molecule has 0 fully saturated rings. The molecule has 0 atom stereocenters. The summed E-state index contributed by atoms with van der Waals surface area (Å²) < 4.78 is 0. The zero-order valence-electron chi connectivity index (χ0n) is 20.0. The lowest BCUT2D eigenvalue weighted by Crippen LogP contribution is -2.12. The third-order valence-electron chi connectivity index (χ3n) is 5.69. The van der Waals surface area contributed by atoms with Gasteiger partial charge in [0.15, 0.2) is 11.6 Å². The average Bonchev–Trinajstić information content (AvgIpc) is 2.90. The van der Waals surface area contributed by atoms with E-state index in [1.54, 1.807) is 24.5 Å². The van der Waals surface area contributed by atoms with E-state index in [2.05, 4.69) is 19.9 Å². The molecule has 8 nitrogen and oxygen atoms in total. The standard InChI is InChI=1S/C26H30N8/c1-5-19(27)15(3)23(29)25-31-12-10-21(33-25)17-8-7-9-18(14-17)22-11-13-32-26(34-22)24(30)16(4)20(28)6-2/h7-14,29-30H,5-6,27-28H2,1-4H3. The molecule has 174 valence electrons. The maximum Gasteiger partial charge on any atom is 0.178 e. The van der Waals surface area contributed by atoms with Crippen molar-refractivity contribution in [3.63, 3.8) is 0 Å². The van der Waals surface area contributed by atoms with Crippen LogP contribution < -0.4 is 11.5 Å². The van der Waals surface area contributed by atoms with Gasteiger partial charge >= 0.3 is 0 Å². The van der Waals surface area contributed by atoms with Crippen LogP contribution >= 0.6 is 0 Å². The molecule has 0 amide bonds. The molecule has 34 heavy (non-hydrogen) atoms. The van der Waals surface area contributed by atoms with E-state index in [4.69, 9.17) is 22.3 Å². The highest BCUT2D eigenvalue weighted by Crippen LogP contribution is 2.25. The molecule has 6 N–H and O–H groups in total. The van der Waals surface area contributed by atoms with Gasteiger partial charge in [-0.15, -0.1) is 0 Å². The number of allylic oxidation sites excluding steroid dienone is 4. The van der Waals surface area contributed by atoms with Gasteiger partial charge in [0, 0.05) is 34.9 Å². The first-order valence-electron chi connectivity index (χ1n) is 11.1. The second kappa shape index (κ2) is 10.6. The Bertz CT molecular complexity index is 1210. The number of benzene rings is 1. The molecule has 8 heteroatoms. The first kappa shape index (κ1) is 24.4. The van der Waals surface area contributed by atoms with Crippen molar-refractivity contribution in [3.8, 4) is 22.5 Å². The zero-order valence-corrected chi connectivity index (χ0v) is 20.0. The highest BCUT2D eigenvalue weighted by atomic mass is 14.9. The van der Waals surface area contributed by atoms with Crippen LogP contribution in [0.1, 0.15) is 52.2 Å². The number of rotatable bonds is 8. The Morgan fingerprint density at radius 2 is 1.15 bits per heavy atom. The molecular weight excluding hydrogens is 424 g/mol. The van der Waals surface area contributed by atoms with Crippen LogP contribution in [-0.4, -0.2) is 31.4 Å². The predicted molar refractivity (Wildman–Crippen MR) is 137 cm³/mol. The molecule has 0 aliphatic heterocycles. The van der Waals surface area contributed by atoms with Crippen LogP contribution in [0.2, 0.25) is 0 Å². The average molecular weight is 455 g/mol. The van der Waals surface area contributed by atoms with E-state index in [1.807, 2.05) is 52.0 Å². The monoisotopic (exact) mass is 454 g/mol. The largest absolute Gasteiger partial charge is 0.402 e. The number of hydrogen-bond donors (Lipinski definition) is 4. The molecule has 0 aliphatic carbocycles. The van der Waals surface area contributed by atoms with Crippen LogP contribution in [0.3, 0.4) is 0 Å². The molecule has 2 heterocycles. The van der Waals surface area contributed by atoms with E-state index in [-0.39, 0.29) is 11.4 Å². The summed E-state index contributed by atoms with van der Waals surface area (Å²) in [5.74, 6) is 0.649. The van der Waals surface area contributed by atoms with Gasteiger partial charge in [0.1, 0.15) is 11.4 Å². The first-order valence-corrected chi connectivity index (χ1v) is 11.1. The smallest absolute Gasteiger partial charge is 0.178 e. The molecule has 0 saturated heterocycles. The number of hydrogen-bond acceptors (Lipinski definition) is 8. The predicted octanol–water partition coefficient (Wildman–Crippen LogP) is 4.62. The van der Waals surface area contributed by atoms with Crippen molar-refractivity contribution in [2.24, 2.45) is 11.5 Å². The van der Waals surface area contributed by atoms with Crippen LogP contribution in [0, 0.1) is 10.8 Å². The van der Waals surface area contributed by atoms with Crippen molar-refractivity contribution in [3.05, 3.63) is 83.0 Å². The number of nitrogens with zero attached hydrogens (tertiary/aromatic N) is 4. The molecule has 2 aromatic heterocycles. The van der Waals surface area contributed by atoms with Crippen LogP contribution in [-0.2, 0) is 0 Å². The van der Waals surface area contributed by atoms with Crippen molar-refractivity contribution in [1.29, 1.82) is 10.8 Å². The van der Waals surface area contributed by atoms with Crippen LogP contribution in [0.4, 0.5) is 0 Å². The van der Waals surface area contributed by atoms with E-state index in [0.29, 0.717) is 58.4 Å². The number of nitrogens with two attached hydrogens (primary N) is 2. The first-order chi connectivity index (χ1) is 16.3. The van der Waals surface area contributed by atoms with Gasteiger partial charge in [-0.3, -0.25) is 10.8 Å². The second-order valence-electron chi connectivity index (χ2n) is 7.87. The Hall–Kier alpha value is -4.20. The SMILES string of the molecule is CCC(N)=C(C)C(=N)c1nccc(-c2cccc(-c3ccnc(C(=N)C(C)=C(N)CC)n3)c2)n1. The molecule has 0 bridgehead atoms. The minimum absolute atomic E-state index is 0.214. The molecule has 1 aromatic carbocycles. The molecule has 0 saturated carbocycles. The third-order valence-corrected chi connectivity index (χ3v) is 5.69. The van der Waals surface area contributed by atoms with Crippen LogP contribution in [0.15, 0.2) is 71.3 Å². The summed E-state index contributed by atoms with van der Waals surface area (Å²) in [7, 11) is 0. The molecule has 3 rings (SSSR count). The van der Waals surface area contributed by atoms with E-state index in [9.17, 15) is 0 Å². The summed E-state index contributed by atoms with van der Waals surface area (Å²) in [5, 5.41) is 16.9. The Morgan fingerprint density at radius 3 is 1.53 bits per heavy atom. The van der Waals surface area contributed by atoms with Crippen LogP contribution in [0.5, 0.6) is 0 Å². The summed E-state index contributed by atoms with van der Waals surface area (Å²) in [5.41, 5.74) is 18.2. The van der Waals surface area contributed by atoms with E-state index in [0.717, 1.165) is 11.1 Å². The molecule has 3 aromatic rings. The fourth-order valence-electron chi connectivity index (χ4n) is 3.30. The topological polar surface area (TPSA) is 151 Å². The van der Waals surface area contributed by atoms with Gasteiger partial charge in [-0.2, -0.15) is 0 Å². The van der Waals surface area contributed by atoms with Crippen molar-refractivity contribution in [2.45, 2.75) is 40.5 Å². The second-order valence-corrected chi connectivity index (χ2v) is 7.87. The summed E-state index contributed by atoms with van der Waals surface area (Å²) in [4.78, 5) is 17.7. The summed E-state index contributed by atoms with van der Waals surface area (Å²) in [6, 6.07) is 11.4. The molecule has 0 radical (unpaired) electrons. The van der Waals surface area contributed by atoms with Gasteiger partial charge in [-0.1, -0.05) is 32.0 Å². The van der Waals surface area contributed by atoms with E-state index < -0.39 is 0 Å². The van der Waals surface area contributed by atoms with E-state index in [1.165, 1.54) is 0 Å². The lowest BCUT2D eigenvalue weighted by Gasteiger charge is -2.10.